The molecule has 1 fully saturated rings. The maximum atomic E-state index is 12.7. The van der Waals surface area contributed by atoms with E-state index in [4.69, 9.17) is 4.74 Å². The van der Waals surface area contributed by atoms with E-state index in [0.29, 0.717) is 25.4 Å². The molecule has 0 unspecified atom stereocenters. The Morgan fingerprint density at radius 3 is 2.44 bits per heavy atom. The maximum Gasteiger partial charge on any atom is 0.307 e. The lowest BCUT2D eigenvalue weighted by Crippen LogP contribution is -2.35. The van der Waals surface area contributed by atoms with E-state index in [1.54, 1.807) is 0 Å². The third kappa shape index (κ3) is 7.29. The summed E-state index contributed by atoms with van der Waals surface area (Å²) in [5.41, 5.74) is 1.21. The molecule has 25 heavy (non-hydrogen) atoms. The van der Waals surface area contributed by atoms with E-state index in [-0.39, 0.29) is 18.3 Å². The molecule has 1 aliphatic rings. The molecule has 1 aromatic carbocycles. The molecule has 1 amide bonds. The average molecular weight is 345 g/mol. The molecule has 0 atom stereocenters. The van der Waals surface area contributed by atoms with Crippen LogP contribution >= 0.6 is 0 Å². The van der Waals surface area contributed by atoms with Gasteiger partial charge in [0.05, 0.1) is 13.5 Å². The fourth-order valence-corrected chi connectivity index (χ4v) is 3.56. The third-order valence-corrected chi connectivity index (χ3v) is 5.17. The van der Waals surface area contributed by atoms with Gasteiger partial charge >= 0.3 is 5.97 Å². The Morgan fingerprint density at radius 1 is 1.04 bits per heavy atom. The Morgan fingerprint density at radius 2 is 1.76 bits per heavy atom. The summed E-state index contributed by atoms with van der Waals surface area (Å²) in [5, 5.41) is 0. The van der Waals surface area contributed by atoms with Crippen LogP contribution in [0.5, 0.6) is 0 Å². The van der Waals surface area contributed by atoms with Crippen LogP contribution in [0, 0.1) is 5.92 Å². The van der Waals surface area contributed by atoms with Crippen LogP contribution in [-0.4, -0.2) is 37.0 Å². The van der Waals surface area contributed by atoms with Crippen LogP contribution in [0.2, 0.25) is 0 Å². The number of benzene rings is 1. The highest BCUT2D eigenvalue weighted by molar-refractivity contribution is 5.77. The minimum atomic E-state index is -0.259. The molecule has 138 valence electrons. The number of carbonyl (C=O) groups is 2. The molecule has 4 nitrogen and oxygen atoms in total. The Balaban J connectivity index is 1.84. The smallest absolute Gasteiger partial charge is 0.307 e. The van der Waals surface area contributed by atoms with Gasteiger partial charge in [0, 0.05) is 19.5 Å². The standard InChI is InChI=1S/C21H31NO3/c1-25-21(24)15-17-22(16-14-19-10-6-3-7-11-19)20(23)13-12-18-8-4-2-5-9-18/h3,6-7,10-11,18H,2,4-5,8-9,12-17H2,1H3. The van der Waals surface area contributed by atoms with E-state index in [0.717, 1.165) is 12.8 Å². The summed E-state index contributed by atoms with van der Waals surface area (Å²) in [6.07, 6.45) is 9.14. The van der Waals surface area contributed by atoms with E-state index in [2.05, 4.69) is 12.1 Å². The molecule has 0 heterocycles. The minimum absolute atomic E-state index is 0.172. The largest absolute Gasteiger partial charge is 0.469 e. The van der Waals surface area contributed by atoms with Gasteiger partial charge in [-0.3, -0.25) is 9.59 Å². The van der Waals surface area contributed by atoms with Crippen LogP contribution in [0.3, 0.4) is 0 Å². The van der Waals surface area contributed by atoms with Crippen LogP contribution < -0.4 is 0 Å². The second-order valence-electron chi connectivity index (χ2n) is 6.99. The molecule has 0 aromatic heterocycles. The molecule has 1 saturated carbocycles. The minimum Gasteiger partial charge on any atom is -0.469 e. The van der Waals surface area contributed by atoms with Gasteiger partial charge in [-0.1, -0.05) is 62.4 Å². The number of amides is 1. The molecule has 2 rings (SSSR count). The van der Waals surface area contributed by atoms with Crippen molar-refractivity contribution in [2.45, 2.75) is 57.8 Å². The second-order valence-corrected chi connectivity index (χ2v) is 6.99. The normalized spacial score (nSPS) is 14.9. The molecular weight excluding hydrogens is 314 g/mol. The topological polar surface area (TPSA) is 46.6 Å². The molecule has 0 radical (unpaired) electrons. The van der Waals surface area contributed by atoms with Gasteiger partial charge in [-0.2, -0.15) is 0 Å². The molecule has 4 heteroatoms. The predicted molar refractivity (Wildman–Crippen MR) is 99.2 cm³/mol. The lowest BCUT2D eigenvalue weighted by atomic mass is 9.86. The molecule has 0 spiro atoms. The van der Waals surface area contributed by atoms with Crippen LogP contribution in [0.25, 0.3) is 0 Å². The van der Waals surface area contributed by atoms with E-state index in [1.807, 2.05) is 23.1 Å². The zero-order valence-electron chi connectivity index (χ0n) is 15.4. The van der Waals surface area contributed by atoms with Gasteiger partial charge < -0.3 is 9.64 Å². The first-order chi connectivity index (χ1) is 12.2. The summed E-state index contributed by atoms with van der Waals surface area (Å²) >= 11 is 0. The predicted octanol–water partition coefficient (Wildman–Crippen LogP) is 3.98. The number of ether oxygens (including phenoxy) is 1. The van der Waals surface area contributed by atoms with Crippen molar-refractivity contribution >= 4 is 11.9 Å². The van der Waals surface area contributed by atoms with Gasteiger partial charge in [-0.05, 0) is 24.3 Å². The van der Waals surface area contributed by atoms with E-state index >= 15 is 0 Å². The lowest BCUT2D eigenvalue weighted by Gasteiger charge is -2.25. The fourth-order valence-electron chi connectivity index (χ4n) is 3.56. The summed E-state index contributed by atoms with van der Waals surface area (Å²) in [7, 11) is 1.39. The van der Waals surface area contributed by atoms with Crippen molar-refractivity contribution in [1.82, 2.24) is 4.90 Å². The number of hydrogen-bond acceptors (Lipinski definition) is 3. The lowest BCUT2D eigenvalue weighted by molar-refractivity contribution is -0.141. The summed E-state index contributed by atoms with van der Waals surface area (Å²) in [5.74, 6) is 0.615. The number of carbonyl (C=O) groups excluding carboxylic acids is 2. The number of rotatable bonds is 9. The Hall–Kier alpha value is -1.84. The number of esters is 1. The number of hydrogen-bond donors (Lipinski definition) is 0. The van der Waals surface area contributed by atoms with Gasteiger partial charge in [0.25, 0.3) is 0 Å². The van der Waals surface area contributed by atoms with E-state index in [1.165, 1.54) is 44.8 Å². The van der Waals surface area contributed by atoms with Crippen molar-refractivity contribution in [2.24, 2.45) is 5.92 Å². The molecule has 1 aliphatic carbocycles. The molecule has 1 aromatic rings. The molecular formula is C21H31NO3. The van der Waals surface area contributed by atoms with Gasteiger partial charge in [0.2, 0.25) is 5.91 Å². The Bertz CT molecular complexity index is 523. The average Bonchev–Trinajstić information content (AvgIpc) is 2.67. The first kappa shape index (κ1) is 19.5. The number of methoxy groups -OCH3 is 1. The zero-order chi connectivity index (χ0) is 17.9. The van der Waals surface area contributed by atoms with Crippen molar-refractivity contribution in [3.05, 3.63) is 35.9 Å². The monoisotopic (exact) mass is 345 g/mol. The third-order valence-electron chi connectivity index (χ3n) is 5.17. The SMILES string of the molecule is COC(=O)CCN(CCc1ccccc1)C(=O)CCC1CCCCC1. The van der Waals surface area contributed by atoms with Crippen molar-refractivity contribution in [2.75, 3.05) is 20.2 Å². The van der Waals surface area contributed by atoms with Gasteiger partial charge in [0.15, 0.2) is 0 Å². The second kappa shape index (κ2) is 10.9. The van der Waals surface area contributed by atoms with Crippen molar-refractivity contribution in [3.63, 3.8) is 0 Å². The molecule has 0 saturated heterocycles. The molecule has 0 N–H and O–H groups in total. The number of nitrogens with zero attached hydrogens (tertiary/aromatic N) is 1. The van der Waals surface area contributed by atoms with Gasteiger partial charge in [-0.15, -0.1) is 0 Å². The molecule has 0 aliphatic heterocycles. The fraction of sp³-hybridized carbons (Fsp3) is 0.619. The summed E-state index contributed by atoms with van der Waals surface area (Å²) < 4.78 is 4.72. The summed E-state index contributed by atoms with van der Waals surface area (Å²) in [6, 6.07) is 10.2. The maximum absolute atomic E-state index is 12.7. The van der Waals surface area contributed by atoms with Crippen molar-refractivity contribution in [3.8, 4) is 0 Å². The summed E-state index contributed by atoms with van der Waals surface area (Å²) in [4.78, 5) is 26.0. The van der Waals surface area contributed by atoms with E-state index in [9.17, 15) is 9.59 Å². The van der Waals surface area contributed by atoms with Crippen LogP contribution in [0.1, 0.15) is 56.9 Å². The summed E-state index contributed by atoms with van der Waals surface area (Å²) in [6.45, 7) is 1.10. The van der Waals surface area contributed by atoms with Crippen LogP contribution in [0.4, 0.5) is 0 Å². The van der Waals surface area contributed by atoms with Gasteiger partial charge in [0.1, 0.15) is 0 Å². The van der Waals surface area contributed by atoms with Crippen molar-refractivity contribution < 1.29 is 14.3 Å². The van der Waals surface area contributed by atoms with Crippen LogP contribution in [0.15, 0.2) is 30.3 Å². The van der Waals surface area contributed by atoms with Crippen molar-refractivity contribution in [1.29, 1.82) is 0 Å². The molecule has 0 bridgehead atoms. The first-order valence-corrected chi connectivity index (χ1v) is 9.57. The highest BCUT2D eigenvalue weighted by Crippen LogP contribution is 2.27. The Labute approximate surface area is 151 Å². The van der Waals surface area contributed by atoms with Gasteiger partial charge in [-0.25, -0.2) is 0 Å². The first-order valence-electron chi connectivity index (χ1n) is 9.57. The quantitative estimate of drug-likeness (QED) is 0.636. The highest BCUT2D eigenvalue weighted by atomic mass is 16.5. The Kier molecular flexibility index (Phi) is 8.50. The van der Waals surface area contributed by atoms with Crippen LogP contribution in [-0.2, 0) is 20.7 Å². The van der Waals surface area contributed by atoms with E-state index < -0.39 is 0 Å². The highest BCUT2D eigenvalue weighted by Gasteiger charge is 2.19. The zero-order valence-corrected chi connectivity index (χ0v) is 15.4.